The van der Waals surface area contributed by atoms with Crippen LogP contribution in [0.25, 0.3) is 0 Å². The predicted octanol–water partition coefficient (Wildman–Crippen LogP) is 7.12. The Bertz CT molecular complexity index is 1570. The van der Waals surface area contributed by atoms with Gasteiger partial charge in [0.25, 0.3) is 11.8 Å². The van der Waals surface area contributed by atoms with Crippen molar-refractivity contribution < 1.29 is 23.8 Å². The first-order chi connectivity index (χ1) is 19.8. The Kier molecular flexibility index (Phi) is 10.6. The molecule has 41 heavy (non-hydrogen) atoms. The van der Waals surface area contributed by atoms with Crippen molar-refractivity contribution >= 4 is 62.8 Å². The molecular weight excluding hydrogens is 633 g/mol. The molecule has 0 aromatic heterocycles. The molecule has 4 rings (SSSR count). The number of carbonyl (C=O) groups is 2. The quantitative estimate of drug-likeness (QED) is 0.132. The summed E-state index contributed by atoms with van der Waals surface area (Å²) in [5, 5.41) is 7.46. The molecule has 0 aliphatic heterocycles. The van der Waals surface area contributed by atoms with E-state index in [4.69, 9.17) is 37.4 Å². The number of benzene rings is 4. The summed E-state index contributed by atoms with van der Waals surface area (Å²) in [7, 11) is 1.50. The van der Waals surface area contributed by atoms with Crippen molar-refractivity contribution in [1.29, 1.82) is 0 Å². The van der Waals surface area contributed by atoms with E-state index in [0.717, 1.165) is 10.0 Å². The number of amides is 2. The number of halogens is 3. The van der Waals surface area contributed by atoms with Gasteiger partial charge in [-0.05, 0) is 60.2 Å². The smallest absolute Gasteiger partial charge is 0.271 e. The van der Waals surface area contributed by atoms with Crippen LogP contribution in [0.4, 0.5) is 5.69 Å². The lowest BCUT2D eigenvalue weighted by atomic mass is 10.2. The Balaban J connectivity index is 1.36. The maximum atomic E-state index is 12.7. The fourth-order valence-corrected chi connectivity index (χ4v) is 4.23. The summed E-state index contributed by atoms with van der Waals surface area (Å²) in [5.74, 6) is 0.465. The van der Waals surface area contributed by atoms with Crippen LogP contribution in [-0.2, 0) is 11.4 Å². The van der Waals surface area contributed by atoms with E-state index in [0.29, 0.717) is 50.7 Å². The summed E-state index contributed by atoms with van der Waals surface area (Å²) in [4.78, 5) is 25.1. The van der Waals surface area contributed by atoms with Gasteiger partial charge in [-0.15, -0.1) is 0 Å². The Labute approximate surface area is 255 Å². The van der Waals surface area contributed by atoms with Gasteiger partial charge in [0, 0.05) is 21.3 Å². The van der Waals surface area contributed by atoms with Crippen LogP contribution in [0.1, 0.15) is 21.5 Å². The Morgan fingerprint density at radius 1 is 0.878 bits per heavy atom. The third-order valence-corrected chi connectivity index (χ3v) is 6.80. The van der Waals surface area contributed by atoms with Gasteiger partial charge in [0.15, 0.2) is 18.1 Å². The molecule has 0 heterocycles. The van der Waals surface area contributed by atoms with Gasteiger partial charge in [-0.2, -0.15) is 5.10 Å². The number of carbonyl (C=O) groups excluding carboxylic acids is 2. The summed E-state index contributed by atoms with van der Waals surface area (Å²) >= 11 is 15.3. The molecule has 210 valence electrons. The molecule has 4 aromatic rings. The third-order valence-electron chi connectivity index (χ3n) is 5.57. The van der Waals surface area contributed by atoms with E-state index in [9.17, 15) is 9.59 Å². The molecule has 0 aliphatic rings. The Morgan fingerprint density at radius 3 is 2.41 bits per heavy atom. The average molecular weight is 657 g/mol. The molecule has 0 spiro atoms. The van der Waals surface area contributed by atoms with E-state index in [1.807, 2.05) is 30.3 Å². The van der Waals surface area contributed by atoms with Crippen LogP contribution in [-0.4, -0.2) is 31.7 Å². The third kappa shape index (κ3) is 8.72. The van der Waals surface area contributed by atoms with E-state index in [2.05, 4.69) is 31.8 Å². The second kappa shape index (κ2) is 14.5. The maximum absolute atomic E-state index is 12.7. The fraction of sp³-hybridized carbons (Fsp3) is 0.100. The van der Waals surface area contributed by atoms with Crippen molar-refractivity contribution in [3.05, 3.63) is 116 Å². The van der Waals surface area contributed by atoms with Gasteiger partial charge in [-0.3, -0.25) is 9.59 Å². The van der Waals surface area contributed by atoms with E-state index in [-0.39, 0.29) is 6.61 Å². The van der Waals surface area contributed by atoms with E-state index in [1.54, 1.807) is 54.6 Å². The standard InChI is InChI=1S/C30H24BrCl2N3O5/c1-39-28-14-20(7-11-27(28)40-17-19-5-3-2-4-6-19)30(38)36-34-16-21-13-22(31)8-12-26(21)41-18-29(37)35-23-9-10-24(32)25(33)15-23/h2-16H,17-18H2,1H3,(H,35,37)(H,36,38)/b34-16+. The van der Waals surface area contributed by atoms with Gasteiger partial charge in [0.05, 0.1) is 23.4 Å². The van der Waals surface area contributed by atoms with Crippen LogP contribution in [0.3, 0.4) is 0 Å². The highest BCUT2D eigenvalue weighted by Crippen LogP contribution is 2.29. The van der Waals surface area contributed by atoms with Gasteiger partial charge in [0.2, 0.25) is 0 Å². The minimum absolute atomic E-state index is 0.270. The largest absolute Gasteiger partial charge is 0.493 e. The summed E-state index contributed by atoms with van der Waals surface area (Å²) in [5.41, 5.74) is 4.85. The van der Waals surface area contributed by atoms with Gasteiger partial charge in [-0.1, -0.05) is 69.5 Å². The first-order valence-electron chi connectivity index (χ1n) is 12.2. The highest BCUT2D eigenvalue weighted by Gasteiger charge is 2.12. The summed E-state index contributed by atoms with van der Waals surface area (Å²) < 4.78 is 17.7. The van der Waals surface area contributed by atoms with Crippen molar-refractivity contribution in [2.45, 2.75) is 6.61 Å². The molecule has 0 saturated heterocycles. The van der Waals surface area contributed by atoms with Gasteiger partial charge in [-0.25, -0.2) is 5.43 Å². The molecule has 2 amide bonds. The molecule has 8 nitrogen and oxygen atoms in total. The average Bonchev–Trinajstić information content (AvgIpc) is 2.98. The number of nitrogens with zero attached hydrogens (tertiary/aromatic N) is 1. The van der Waals surface area contributed by atoms with Crippen LogP contribution in [0, 0.1) is 0 Å². The number of hydrogen-bond acceptors (Lipinski definition) is 6. The molecule has 0 unspecified atom stereocenters. The lowest BCUT2D eigenvalue weighted by Crippen LogP contribution is -2.20. The van der Waals surface area contributed by atoms with Gasteiger partial charge < -0.3 is 19.5 Å². The summed E-state index contributed by atoms with van der Waals surface area (Å²) in [6.07, 6.45) is 1.42. The summed E-state index contributed by atoms with van der Waals surface area (Å²) in [6.45, 7) is 0.0920. The zero-order valence-corrected chi connectivity index (χ0v) is 24.8. The van der Waals surface area contributed by atoms with Crippen LogP contribution in [0.15, 0.2) is 94.5 Å². The Hall–Kier alpha value is -4.05. The molecule has 0 saturated carbocycles. The van der Waals surface area contributed by atoms with Crippen molar-refractivity contribution in [1.82, 2.24) is 5.43 Å². The van der Waals surface area contributed by atoms with Gasteiger partial charge in [0.1, 0.15) is 12.4 Å². The van der Waals surface area contributed by atoms with Crippen LogP contribution < -0.4 is 25.0 Å². The predicted molar refractivity (Wildman–Crippen MR) is 164 cm³/mol. The molecule has 11 heteroatoms. The monoisotopic (exact) mass is 655 g/mol. The minimum Gasteiger partial charge on any atom is -0.493 e. The Morgan fingerprint density at radius 2 is 1.66 bits per heavy atom. The molecule has 0 bridgehead atoms. The number of methoxy groups -OCH3 is 1. The van der Waals surface area contributed by atoms with Crippen LogP contribution in [0.5, 0.6) is 17.2 Å². The number of rotatable bonds is 11. The molecule has 0 aliphatic carbocycles. The topological polar surface area (TPSA) is 98.3 Å². The van der Waals surface area contributed by atoms with Crippen molar-refractivity contribution in [2.75, 3.05) is 19.0 Å². The van der Waals surface area contributed by atoms with Crippen molar-refractivity contribution in [2.24, 2.45) is 5.10 Å². The SMILES string of the molecule is COc1cc(C(=O)N/N=C/c2cc(Br)ccc2OCC(=O)Nc2ccc(Cl)c(Cl)c2)ccc1OCc1ccccc1. The summed E-state index contributed by atoms with van der Waals surface area (Å²) in [6, 6.07) is 24.5. The number of ether oxygens (including phenoxy) is 3. The molecule has 0 atom stereocenters. The molecule has 0 radical (unpaired) electrons. The zero-order valence-electron chi connectivity index (χ0n) is 21.7. The van der Waals surface area contributed by atoms with Gasteiger partial charge >= 0.3 is 0 Å². The molecule has 0 fully saturated rings. The van der Waals surface area contributed by atoms with E-state index >= 15 is 0 Å². The lowest BCUT2D eigenvalue weighted by molar-refractivity contribution is -0.118. The maximum Gasteiger partial charge on any atom is 0.271 e. The van der Waals surface area contributed by atoms with Crippen molar-refractivity contribution in [3.63, 3.8) is 0 Å². The van der Waals surface area contributed by atoms with E-state index in [1.165, 1.54) is 13.3 Å². The first-order valence-corrected chi connectivity index (χ1v) is 13.7. The number of hydrogen-bond donors (Lipinski definition) is 2. The van der Waals surface area contributed by atoms with Crippen molar-refractivity contribution in [3.8, 4) is 17.2 Å². The highest BCUT2D eigenvalue weighted by molar-refractivity contribution is 9.10. The normalized spacial score (nSPS) is 10.7. The number of anilines is 1. The fourth-order valence-electron chi connectivity index (χ4n) is 3.55. The lowest BCUT2D eigenvalue weighted by Gasteiger charge is -2.12. The number of nitrogens with one attached hydrogen (secondary N) is 2. The number of hydrazone groups is 1. The first kappa shape index (κ1) is 29.9. The van der Waals surface area contributed by atoms with E-state index < -0.39 is 11.8 Å². The van der Waals surface area contributed by atoms with Crippen LogP contribution in [0.2, 0.25) is 10.0 Å². The minimum atomic E-state index is -0.451. The molecular formula is C30H24BrCl2N3O5. The zero-order chi connectivity index (χ0) is 29.2. The molecule has 4 aromatic carbocycles. The molecule has 2 N–H and O–H groups in total. The second-order valence-electron chi connectivity index (χ2n) is 8.49. The van der Waals surface area contributed by atoms with Crippen LogP contribution >= 0.6 is 39.1 Å². The second-order valence-corrected chi connectivity index (χ2v) is 10.2. The highest BCUT2D eigenvalue weighted by atomic mass is 79.9.